The first kappa shape index (κ1) is 104. The van der Waals surface area contributed by atoms with Crippen LogP contribution in [0.25, 0.3) is 10.8 Å². The molecule has 16 rings (SSSR count). The van der Waals surface area contributed by atoms with Gasteiger partial charge in [0.1, 0.15) is 115 Å². The van der Waals surface area contributed by atoms with Gasteiger partial charge in [-0.2, -0.15) is 13.9 Å². The SMILES string of the molecule is Cn1ccc(Cn2c(=O)ccn([C@@H]3O[C@H](CO)[C@H](O)C3O)c2=O)n1.O=c1c(Br)cn([C@@H]2O[C@H](CO)[C@H](O)C2O)c(=O)n1CC(F)(F)c1ccccc1.O=c1c(Br)cn([C@@H]2O[C@H](CO)[C@H](O)C2O)c(=O)n1CCc1ccc(F)cc1F.O=c1c(I)cn([C@@H]2O[C@H](CO)[C@H](O)C2O)c(=O)n1CCc1ccc(F)cc1F.O=c1ccn([C@@H]2O[C@H](CO)[C@H](O)C2O)c(=O)n1Cc1nccc2ccccc12. The molecule has 0 saturated carbocycles. The normalized spacial score (nSPS) is 25.2. The number of rotatable bonds is 23. The molecule has 136 heavy (non-hydrogen) atoms. The second-order valence-electron chi connectivity index (χ2n) is 31.3. The molecule has 7 aromatic heterocycles. The zero-order valence-electron chi connectivity index (χ0n) is 70.6. The Balaban J connectivity index is 0.000000153. The summed E-state index contributed by atoms with van der Waals surface area (Å²) in [4.78, 5) is 129. The van der Waals surface area contributed by atoms with Crippen LogP contribution in [0.3, 0.4) is 0 Å². The Bertz CT molecular complexity index is 6600. The Kier molecular flexibility index (Phi) is 34.4. The minimum absolute atomic E-state index is 0.0237. The summed E-state index contributed by atoms with van der Waals surface area (Å²) in [7, 11) is 1.72. The second kappa shape index (κ2) is 44.9. The largest absolute Gasteiger partial charge is 0.394 e. The Morgan fingerprint density at radius 1 is 0.412 bits per heavy atom. The number of alkyl halides is 2. The van der Waals surface area contributed by atoms with Gasteiger partial charge >= 0.3 is 28.4 Å². The molecule has 15 N–H and O–H groups in total. The van der Waals surface area contributed by atoms with Gasteiger partial charge in [0.05, 0.1) is 76.6 Å². The molecular formula is C84H88Br2F6IN13O30. The Labute approximate surface area is 788 Å². The first-order valence-electron chi connectivity index (χ1n) is 41.0. The van der Waals surface area contributed by atoms with Gasteiger partial charge in [-0.3, -0.25) is 79.3 Å². The van der Waals surface area contributed by atoms with E-state index in [1.165, 1.54) is 67.1 Å². The number of hydrogen-bond acceptors (Lipinski definition) is 32. The van der Waals surface area contributed by atoms with E-state index in [9.17, 15) is 146 Å². The molecule has 5 saturated heterocycles. The minimum Gasteiger partial charge on any atom is -0.394 e. The van der Waals surface area contributed by atoms with Crippen LogP contribution in [0.5, 0.6) is 0 Å². The quantitative estimate of drug-likeness (QED) is 0.0218. The summed E-state index contributed by atoms with van der Waals surface area (Å²) in [6.45, 7) is -4.51. The molecule has 5 fully saturated rings. The number of aromatic nitrogens is 13. The van der Waals surface area contributed by atoms with Gasteiger partial charge in [0, 0.05) is 98.7 Å². The Morgan fingerprint density at radius 2 is 0.779 bits per heavy atom. The maximum absolute atomic E-state index is 14.6. The van der Waals surface area contributed by atoms with Gasteiger partial charge in [0.25, 0.3) is 33.7 Å². The number of fused-ring (bicyclic) bond motifs is 1. The lowest BCUT2D eigenvalue weighted by atomic mass is 10.1. The summed E-state index contributed by atoms with van der Waals surface area (Å²) >= 11 is 7.66. The van der Waals surface area contributed by atoms with Crippen LogP contribution in [0.2, 0.25) is 0 Å². The fourth-order valence-corrected chi connectivity index (χ4v) is 16.6. The van der Waals surface area contributed by atoms with E-state index in [2.05, 4.69) is 41.9 Å². The fourth-order valence-electron chi connectivity index (χ4n) is 15.2. The molecule has 0 aliphatic carbocycles. The highest BCUT2D eigenvalue weighted by Gasteiger charge is 2.49. The van der Waals surface area contributed by atoms with Crippen molar-refractivity contribution >= 4 is 65.2 Å². The standard InChI is InChI=1S/C19H19N3O6.2C17H17BrF2N2O6.C17H17F2IN2O6.C14H18N4O6/c23-10-14-16(25)17(26)18(28-14)21-8-6-15(24)22(19(21)27)9-13-12-4-2-1-3-11(12)5-7-20-13;18-10-6-22(16-14(25)13(24)12(7-23)28-16)17(27)21(15(10)26)4-3-8-1-2-9(19)5-11(8)20;18-10-6-21(15-13(25)12(24)11(7-23)28-15)16(27)22(14(10)26)8-17(19,20)9-4-2-1-3-5-9;18-9-2-1-8(10(19)5-9)3-4-21-15(26)11(20)6-22(17(21)27)16-14(25)13(24)12(7-23)28-16;1-16-4-2-8(15-16)6-18-10(20)3-5-17(14(18)23)13-12(22)11(21)9(7-19)24-13/h1-8,14,16-18,23,25-26H,9-10H2;1-2,5-6,12-14,16,23-25H,3-4,7H2;1-6,11-13,15,23-25H,7-8H2;1-2,5-6,12-14,16,23-25H,3-4,7H2;2-5,9,11-13,19,21-22H,6-7H2,1H3/t14-,16+,17?,18-;12-,13+,14?,16-;11-,12+,13?,15-;12-,13+,14?,16-;9-,11+,12?,13-/m11111/s1. The van der Waals surface area contributed by atoms with Crippen molar-refractivity contribution in [2.24, 2.45) is 7.05 Å². The second-order valence-corrected chi connectivity index (χ2v) is 34.2. The van der Waals surface area contributed by atoms with Crippen molar-refractivity contribution in [3.63, 3.8) is 0 Å². The van der Waals surface area contributed by atoms with Crippen LogP contribution in [0.1, 0.15) is 59.2 Å². The number of ether oxygens (including phenoxy) is 5. The fraction of sp³-hybridized carbons (Fsp3) is 0.405. The van der Waals surface area contributed by atoms with Gasteiger partial charge in [0.2, 0.25) is 0 Å². The maximum Gasteiger partial charge on any atom is 0.333 e. The predicted molar refractivity (Wildman–Crippen MR) is 472 cm³/mol. The lowest BCUT2D eigenvalue weighted by molar-refractivity contribution is -0.0578. The van der Waals surface area contributed by atoms with Crippen molar-refractivity contribution < 1.29 is 127 Å². The molecule has 0 amide bonds. The summed E-state index contributed by atoms with van der Waals surface area (Å²) in [6.07, 6.45) is -17.5. The summed E-state index contributed by atoms with van der Waals surface area (Å²) in [6, 6.07) is 26.1. The van der Waals surface area contributed by atoms with E-state index in [1.54, 1.807) is 58.8 Å². The molecule has 11 aromatic rings. The van der Waals surface area contributed by atoms with Crippen molar-refractivity contribution in [2.75, 3.05) is 33.0 Å². The highest BCUT2D eigenvalue weighted by Crippen LogP contribution is 2.35. The molecule has 12 heterocycles. The van der Waals surface area contributed by atoms with Crippen LogP contribution in [0, 0.1) is 26.8 Å². The van der Waals surface area contributed by atoms with Crippen molar-refractivity contribution in [3.8, 4) is 0 Å². The zero-order valence-corrected chi connectivity index (χ0v) is 75.9. The van der Waals surface area contributed by atoms with Crippen molar-refractivity contribution in [3.05, 3.63) is 327 Å². The van der Waals surface area contributed by atoms with Crippen LogP contribution < -0.4 is 56.2 Å². The number of pyridine rings is 1. The minimum atomic E-state index is -3.52. The molecule has 52 heteroatoms. The molecule has 5 aliphatic heterocycles. The van der Waals surface area contributed by atoms with E-state index in [0.717, 1.165) is 76.4 Å². The average Bonchev–Trinajstić information content (AvgIpc) is 1.47. The van der Waals surface area contributed by atoms with E-state index in [4.69, 9.17) is 28.8 Å². The lowest BCUT2D eigenvalue weighted by Crippen LogP contribution is -2.46. The third kappa shape index (κ3) is 22.5. The molecule has 5 aliphatic rings. The van der Waals surface area contributed by atoms with Crippen molar-refractivity contribution in [1.29, 1.82) is 0 Å². The van der Waals surface area contributed by atoms with Crippen LogP contribution in [0.4, 0.5) is 26.3 Å². The molecule has 20 atom stereocenters. The number of aliphatic hydroxyl groups is 15. The highest BCUT2D eigenvalue weighted by atomic mass is 127. The zero-order chi connectivity index (χ0) is 99.1. The van der Waals surface area contributed by atoms with E-state index >= 15 is 0 Å². The van der Waals surface area contributed by atoms with Crippen LogP contribution >= 0.6 is 54.5 Å². The molecule has 0 bridgehead atoms. The molecular weight excluding hydrogens is 2070 g/mol. The molecule has 0 spiro atoms. The molecule has 4 aromatic carbocycles. The third-order valence-electron chi connectivity index (χ3n) is 22.6. The number of benzene rings is 4. The van der Waals surface area contributed by atoms with Crippen molar-refractivity contribution in [1.82, 2.24) is 60.4 Å². The van der Waals surface area contributed by atoms with Gasteiger partial charge in [-0.1, -0.05) is 66.7 Å². The smallest absolute Gasteiger partial charge is 0.333 e. The summed E-state index contributed by atoms with van der Waals surface area (Å²) in [5.41, 5.74) is -6.63. The van der Waals surface area contributed by atoms with Crippen molar-refractivity contribution in [2.45, 2.75) is 174 Å². The monoisotopic (exact) mass is 2160 g/mol. The van der Waals surface area contributed by atoms with E-state index in [1.807, 2.05) is 30.3 Å². The van der Waals surface area contributed by atoms with Gasteiger partial charge in [-0.05, 0) is 108 Å². The van der Waals surface area contributed by atoms with Crippen LogP contribution in [-0.4, -0.2) is 262 Å². The van der Waals surface area contributed by atoms with E-state index in [0.29, 0.717) is 28.1 Å². The number of nitrogens with zero attached hydrogens (tertiary/aromatic N) is 13. The summed E-state index contributed by atoms with van der Waals surface area (Å²) in [5.74, 6) is -6.59. The molecule has 0 radical (unpaired) electrons. The van der Waals surface area contributed by atoms with Gasteiger partial charge in [-0.25, -0.2) is 41.5 Å². The lowest BCUT2D eigenvalue weighted by Gasteiger charge is -2.22. The summed E-state index contributed by atoms with van der Waals surface area (Å²) in [5, 5.41) is 152. The number of halogens is 9. The maximum atomic E-state index is 14.6. The van der Waals surface area contributed by atoms with Crippen LogP contribution in [0.15, 0.2) is 216 Å². The summed E-state index contributed by atoms with van der Waals surface area (Å²) < 4.78 is 120. The number of aryl methyl sites for hydroxylation is 3. The van der Waals surface area contributed by atoms with Crippen LogP contribution in [-0.2, 0) is 82.2 Å². The number of hydrogen-bond donors (Lipinski definition) is 15. The third-order valence-corrected chi connectivity index (χ3v) is 24.4. The van der Waals surface area contributed by atoms with Gasteiger partial charge < -0.3 is 100 Å². The van der Waals surface area contributed by atoms with E-state index < -0.39 is 248 Å². The van der Waals surface area contributed by atoms with Gasteiger partial charge in [0.15, 0.2) is 31.1 Å². The number of aliphatic hydroxyl groups excluding tert-OH is 15. The molecule has 732 valence electrons. The van der Waals surface area contributed by atoms with Gasteiger partial charge in [-0.15, -0.1) is 0 Å². The average molecular weight is 2160 g/mol. The first-order chi connectivity index (χ1) is 64.6. The molecule has 43 nitrogen and oxygen atoms in total. The Morgan fingerprint density at radius 3 is 1.18 bits per heavy atom. The molecule has 5 unspecified atom stereocenters. The highest BCUT2D eigenvalue weighted by molar-refractivity contribution is 14.1. The van der Waals surface area contributed by atoms with E-state index in [-0.39, 0.29) is 68.2 Å². The predicted octanol–water partition coefficient (Wildman–Crippen LogP) is -3.55. The topological polar surface area (TPSA) is 600 Å². The first-order valence-corrected chi connectivity index (χ1v) is 43.7. The Hall–Kier alpha value is -10.6.